The Bertz CT molecular complexity index is 411. The summed E-state index contributed by atoms with van der Waals surface area (Å²) in [4.78, 5) is 11.9. The standard InChI is InChI=1S/C13H19BrN2O2/c1-10-7-11(18-16-10)12(17)15-9-13(8-14)5-3-2-4-6-13/h7H,2-6,8-9H2,1H3,(H,15,17). The Hall–Kier alpha value is -0.840. The molecular formula is C13H19BrN2O2. The number of aryl methyl sites for hydroxylation is 1. The fourth-order valence-electron chi connectivity index (χ4n) is 2.48. The maximum atomic E-state index is 11.9. The minimum Gasteiger partial charge on any atom is -0.351 e. The van der Waals surface area contributed by atoms with Crippen molar-refractivity contribution in [1.82, 2.24) is 10.5 Å². The fourth-order valence-corrected chi connectivity index (χ4v) is 3.24. The number of carbonyl (C=O) groups is 1. The maximum Gasteiger partial charge on any atom is 0.289 e. The van der Waals surface area contributed by atoms with Crippen molar-refractivity contribution in [2.75, 3.05) is 11.9 Å². The van der Waals surface area contributed by atoms with Gasteiger partial charge in [0.2, 0.25) is 5.76 Å². The van der Waals surface area contributed by atoms with Crippen molar-refractivity contribution in [2.45, 2.75) is 39.0 Å². The molecule has 0 aliphatic heterocycles. The Morgan fingerprint density at radius 1 is 1.50 bits per heavy atom. The Kier molecular flexibility index (Phi) is 4.43. The number of hydrogen-bond acceptors (Lipinski definition) is 3. The summed E-state index contributed by atoms with van der Waals surface area (Å²) in [7, 11) is 0. The van der Waals surface area contributed by atoms with E-state index in [0.29, 0.717) is 12.3 Å². The lowest BCUT2D eigenvalue weighted by molar-refractivity contribution is 0.0885. The molecule has 2 rings (SSSR count). The zero-order valence-electron chi connectivity index (χ0n) is 10.7. The molecule has 1 aromatic rings. The molecule has 0 saturated heterocycles. The van der Waals surface area contributed by atoms with Gasteiger partial charge in [-0.1, -0.05) is 40.3 Å². The van der Waals surface area contributed by atoms with Crippen molar-refractivity contribution in [2.24, 2.45) is 5.41 Å². The Balaban J connectivity index is 1.91. The molecule has 18 heavy (non-hydrogen) atoms. The minimum absolute atomic E-state index is 0.165. The summed E-state index contributed by atoms with van der Waals surface area (Å²) in [6, 6.07) is 1.66. The molecule has 1 aliphatic carbocycles. The lowest BCUT2D eigenvalue weighted by Gasteiger charge is -2.35. The van der Waals surface area contributed by atoms with E-state index in [9.17, 15) is 4.79 Å². The first kappa shape index (κ1) is 13.6. The average Bonchev–Trinajstić information content (AvgIpc) is 2.84. The second kappa shape index (κ2) is 5.87. The number of amides is 1. The first-order valence-electron chi connectivity index (χ1n) is 6.43. The molecule has 100 valence electrons. The van der Waals surface area contributed by atoms with Gasteiger partial charge in [0.1, 0.15) is 0 Å². The van der Waals surface area contributed by atoms with Crippen LogP contribution in [0.5, 0.6) is 0 Å². The zero-order valence-corrected chi connectivity index (χ0v) is 12.3. The van der Waals surface area contributed by atoms with Crippen LogP contribution in [0.15, 0.2) is 10.6 Å². The summed E-state index contributed by atoms with van der Waals surface area (Å²) in [6.07, 6.45) is 6.16. The normalized spacial score (nSPS) is 18.6. The third-order valence-electron chi connectivity index (χ3n) is 3.67. The quantitative estimate of drug-likeness (QED) is 0.869. The molecule has 0 radical (unpaired) electrons. The molecule has 1 heterocycles. The molecule has 0 atom stereocenters. The molecule has 1 aromatic heterocycles. The highest BCUT2D eigenvalue weighted by molar-refractivity contribution is 9.09. The van der Waals surface area contributed by atoms with Crippen molar-refractivity contribution < 1.29 is 9.32 Å². The van der Waals surface area contributed by atoms with Crippen LogP contribution in [0.25, 0.3) is 0 Å². The van der Waals surface area contributed by atoms with Crippen LogP contribution in [-0.4, -0.2) is 22.9 Å². The van der Waals surface area contributed by atoms with Gasteiger partial charge in [-0.2, -0.15) is 0 Å². The minimum atomic E-state index is -0.165. The highest BCUT2D eigenvalue weighted by atomic mass is 79.9. The molecule has 1 saturated carbocycles. The van der Waals surface area contributed by atoms with E-state index in [1.165, 1.54) is 32.1 Å². The summed E-state index contributed by atoms with van der Waals surface area (Å²) in [5.74, 6) is 0.134. The van der Waals surface area contributed by atoms with Gasteiger partial charge >= 0.3 is 0 Å². The van der Waals surface area contributed by atoms with E-state index in [1.807, 2.05) is 0 Å². The molecule has 1 fully saturated rings. The summed E-state index contributed by atoms with van der Waals surface area (Å²) in [6.45, 7) is 2.51. The third-order valence-corrected chi connectivity index (χ3v) is 4.86. The summed E-state index contributed by atoms with van der Waals surface area (Å²) >= 11 is 3.59. The van der Waals surface area contributed by atoms with Gasteiger partial charge in [-0.05, 0) is 25.2 Å². The van der Waals surface area contributed by atoms with Gasteiger partial charge in [0.05, 0.1) is 5.69 Å². The molecule has 1 N–H and O–H groups in total. The highest BCUT2D eigenvalue weighted by Gasteiger charge is 2.31. The van der Waals surface area contributed by atoms with Crippen LogP contribution in [0.2, 0.25) is 0 Å². The summed E-state index contributed by atoms with van der Waals surface area (Å²) in [5.41, 5.74) is 0.941. The van der Waals surface area contributed by atoms with Gasteiger partial charge in [0.25, 0.3) is 5.91 Å². The number of carbonyl (C=O) groups excluding carboxylic acids is 1. The van der Waals surface area contributed by atoms with Gasteiger partial charge in [-0.3, -0.25) is 4.79 Å². The maximum absolute atomic E-state index is 11.9. The molecule has 0 aromatic carbocycles. The van der Waals surface area contributed by atoms with Crippen LogP contribution in [-0.2, 0) is 0 Å². The molecular weight excluding hydrogens is 296 g/mol. The van der Waals surface area contributed by atoms with Crippen molar-refractivity contribution in [3.63, 3.8) is 0 Å². The predicted octanol–water partition coefficient (Wildman–Crippen LogP) is 3.06. The monoisotopic (exact) mass is 314 g/mol. The van der Waals surface area contributed by atoms with E-state index in [1.54, 1.807) is 13.0 Å². The van der Waals surface area contributed by atoms with Crippen LogP contribution in [0.1, 0.15) is 48.4 Å². The third kappa shape index (κ3) is 3.13. The summed E-state index contributed by atoms with van der Waals surface area (Å²) < 4.78 is 4.96. The first-order chi connectivity index (χ1) is 8.65. The van der Waals surface area contributed by atoms with E-state index in [4.69, 9.17) is 4.52 Å². The SMILES string of the molecule is Cc1cc(C(=O)NCC2(CBr)CCCCC2)on1. The van der Waals surface area contributed by atoms with E-state index < -0.39 is 0 Å². The van der Waals surface area contributed by atoms with Gasteiger partial charge in [0, 0.05) is 17.9 Å². The Labute approximate surface area is 116 Å². The second-order valence-electron chi connectivity index (χ2n) is 5.21. The topological polar surface area (TPSA) is 55.1 Å². The van der Waals surface area contributed by atoms with Gasteiger partial charge in [-0.25, -0.2) is 0 Å². The van der Waals surface area contributed by atoms with E-state index >= 15 is 0 Å². The number of halogens is 1. The fraction of sp³-hybridized carbons (Fsp3) is 0.692. The lowest BCUT2D eigenvalue weighted by Crippen LogP contribution is -2.40. The van der Waals surface area contributed by atoms with Gasteiger partial charge in [0.15, 0.2) is 0 Å². The molecule has 0 unspecified atom stereocenters. The van der Waals surface area contributed by atoms with Crippen LogP contribution in [0, 0.1) is 12.3 Å². The first-order valence-corrected chi connectivity index (χ1v) is 7.55. The van der Waals surface area contributed by atoms with E-state index in [2.05, 4.69) is 26.4 Å². The van der Waals surface area contributed by atoms with Crippen LogP contribution in [0.4, 0.5) is 0 Å². The summed E-state index contributed by atoms with van der Waals surface area (Å²) in [5, 5.41) is 7.64. The molecule has 1 aliphatic rings. The number of rotatable bonds is 4. The second-order valence-corrected chi connectivity index (χ2v) is 5.77. The average molecular weight is 315 g/mol. The van der Waals surface area contributed by atoms with Crippen molar-refractivity contribution in [1.29, 1.82) is 0 Å². The number of aromatic nitrogens is 1. The Morgan fingerprint density at radius 2 is 2.22 bits per heavy atom. The predicted molar refractivity (Wildman–Crippen MR) is 72.9 cm³/mol. The zero-order chi connectivity index (χ0) is 13.0. The van der Waals surface area contributed by atoms with Gasteiger partial charge in [-0.15, -0.1) is 0 Å². The molecule has 0 bridgehead atoms. The molecule has 1 amide bonds. The van der Waals surface area contributed by atoms with Gasteiger partial charge < -0.3 is 9.84 Å². The van der Waals surface area contributed by atoms with Crippen LogP contribution >= 0.6 is 15.9 Å². The highest BCUT2D eigenvalue weighted by Crippen LogP contribution is 2.37. The number of nitrogens with one attached hydrogen (secondary N) is 1. The number of alkyl halides is 1. The lowest BCUT2D eigenvalue weighted by atomic mass is 9.75. The van der Waals surface area contributed by atoms with E-state index in [-0.39, 0.29) is 11.3 Å². The Morgan fingerprint density at radius 3 is 2.78 bits per heavy atom. The number of nitrogens with zero attached hydrogens (tertiary/aromatic N) is 1. The van der Waals surface area contributed by atoms with Crippen molar-refractivity contribution in [3.8, 4) is 0 Å². The van der Waals surface area contributed by atoms with Crippen molar-refractivity contribution in [3.05, 3.63) is 17.5 Å². The van der Waals surface area contributed by atoms with Crippen LogP contribution in [0.3, 0.4) is 0 Å². The van der Waals surface area contributed by atoms with Crippen LogP contribution < -0.4 is 5.32 Å². The number of hydrogen-bond donors (Lipinski definition) is 1. The van der Waals surface area contributed by atoms with Crippen molar-refractivity contribution >= 4 is 21.8 Å². The smallest absolute Gasteiger partial charge is 0.289 e. The van der Waals surface area contributed by atoms with E-state index in [0.717, 1.165) is 11.0 Å². The molecule has 0 spiro atoms. The molecule has 4 nitrogen and oxygen atoms in total. The largest absolute Gasteiger partial charge is 0.351 e. The molecule has 5 heteroatoms.